The number of nitrogens with one attached hydrogen (secondary N) is 1. The van der Waals surface area contributed by atoms with E-state index >= 15 is 0 Å². The molecule has 1 unspecified atom stereocenters. The normalized spacial score (nSPS) is 12.8. The zero-order chi connectivity index (χ0) is 16.3. The molecule has 2 aromatic rings. The Kier molecular flexibility index (Phi) is 4.44. The monoisotopic (exact) mass is 322 g/mol. The number of hydrogen-bond donors (Lipinski definition) is 1. The molecule has 0 saturated carbocycles. The number of nitriles is 1. The van der Waals surface area contributed by atoms with Gasteiger partial charge in [-0.3, -0.25) is 4.40 Å². The van der Waals surface area contributed by atoms with Crippen molar-refractivity contribution in [3.63, 3.8) is 0 Å². The third-order valence-corrected chi connectivity index (χ3v) is 4.23. The second-order valence-corrected chi connectivity index (χ2v) is 6.02. The molecule has 1 atom stereocenters. The molecule has 0 bridgehead atoms. The summed E-state index contributed by atoms with van der Waals surface area (Å²) >= 11 is 0. The van der Waals surface area contributed by atoms with Gasteiger partial charge in [0.15, 0.2) is 5.03 Å². The second kappa shape index (κ2) is 6.13. The predicted octanol–water partition coefficient (Wildman–Crippen LogP) is 0.701. The number of aromatic nitrogens is 2. The van der Waals surface area contributed by atoms with E-state index in [-0.39, 0.29) is 23.0 Å². The lowest BCUT2D eigenvalue weighted by atomic mass is 10.4. The predicted molar refractivity (Wildman–Crippen MR) is 76.5 cm³/mol. The zero-order valence-electron chi connectivity index (χ0n) is 12.0. The Morgan fingerprint density at radius 3 is 2.91 bits per heavy atom. The fraction of sp³-hybridized carbons (Fsp3) is 0.308. The average molecular weight is 322 g/mol. The minimum absolute atomic E-state index is 0.137. The number of hydrogen-bond acceptors (Lipinski definition) is 6. The van der Waals surface area contributed by atoms with Crippen molar-refractivity contribution in [3.05, 3.63) is 30.2 Å². The minimum Gasteiger partial charge on any atom is -0.460 e. The van der Waals surface area contributed by atoms with Crippen LogP contribution in [0, 0.1) is 11.3 Å². The molecule has 0 amide bonds. The Hall–Kier alpha value is -2.44. The van der Waals surface area contributed by atoms with Crippen molar-refractivity contribution in [2.45, 2.75) is 24.9 Å². The molecule has 0 aliphatic carbocycles. The maximum absolute atomic E-state index is 12.3. The van der Waals surface area contributed by atoms with Crippen LogP contribution in [-0.2, 0) is 14.8 Å². The van der Waals surface area contributed by atoms with Crippen molar-refractivity contribution in [2.75, 3.05) is 6.61 Å². The Balaban J connectivity index is 2.61. The molecule has 2 aromatic heterocycles. The van der Waals surface area contributed by atoms with Gasteiger partial charge in [-0.25, -0.2) is 18.2 Å². The smallest absolute Gasteiger partial charge is 0.374 e. The van der Waals surface area contributed by atoms with Gasteiger partial charge in [0, 0.05) is 6.20 Å². The van der Waals surface area contributed by atoms with Crippen LogP contribution in [0.15, 0.2) is 29.4 Å². The Morgan fingerprint density at radius 1 is 1.55 bits per heavy atom. The van der Waals surface area contributed by atoms with Crippen molar-refractivity contribution >= 4 is 21.5 Å². The van der Waals surface area contributed by atoms with Crippen LogP contribution in [0.5, 0.6) is 0 Å². The van der Waals surface area contributed by atoms with E-state index in [4.69, 9.17) is 10.00 Å². The van der Waals surface area contributed by atoms with E-state index in [1.54, 1.807) is 25.1 Å². The third-order valence-electron chi connectivity index (χ3n) is 2.75. The number of nitrogens with zero attached hydrogens (tertiary/aromatic N) is 3. The lowest BCUT2D eigenvalue weighted by Gasteiger charge is -2.05. The quantitative estimate of drug-likeness (QED) is 0.811. The van der Waals surface area contributed by atoms with Crippen LogP contribution in [-0.4, -0.2) is 36.4 Å². The number of carbonyl (C=O) groups excluding carboxylic acids is 1. The van der Waals surface area contributed by atoms with Crippen LogP contribution in [0.1, 0.15) is 24.5 Å². The maximum atomic E-state index is 12.3. The summed E-state index contributed by atoms with van der Waals surface area (Å²) in [6.45, 7) is 3.19. The molecule has 0 aliphatic rings. The molecule has 8 nitrogen and oxygen atoms in total. The molecule has 0 fully saturated rings. The molecule has 0 saturated heterocycles. The van der Waals surface area contributed by atoms with E-state index < -0.39 is 22.0 Å². The van der Waals surface area contributed by atoms with Gasteiger partial charge < -0.3 is 4.74 Å². The third kappa shape index (κ3) is 2.93. The number of ether oxygens (including phenoxy) is 1. The first kappa shape index (κ1) is 15.9. The first-order valence-corrected chi connectivity index (χ1v) is 7.95. The SMILES string of the molecule is CCOC(=O)c1nc(S(=O)(=O)NC(C)C#N)c2ccccn12. The van der Waals surface area contributed by atoms with Gasteiger partial charge in [-0.1, -0.05) is 6.07 Å². The second-order valence-electron chi connectivity index (χ2n) is 4.39. The molecular formula is C13H14N4O4S. The minimum atomic E-state index is -4.04. The van der Waals surface area contributed by atoms with Crippen LogP contribution >= 0.6 is 0 Å². The fourth-order valence-electron chi connectivity index (χ4n) is 1.86. The summed E-state index contributed by atoms with van der Waals surface area (Å²) in [6, 6.07) is 5.63. The Bertz CT molecular complexity index is 851. The first-order chi connectivity index (χ1) is 10.4. The molecule has 2 heterocycles. The van der Waals surface area contributed by atoms with E-state index in [0.29, 0.717) is 0 Å². The molecule has 0 aliphatic heterocycles. The summed E-state index contributed by atoms with van der Waals surface area (Å²) in [4.78, 5) is 15.8. The van der Waals surface area contributed by atoms with E-state index in [0.717, 1.165) is 0 Å². The van der Waals surface area contributed by atoms with Crippen LogP contribution in [0.2, 0.25) is 0 Å². The van der Waals surface area contributed by atoms with Gasteiger partial charge in [0.1, 0.15) is 6.04 Å². The highest BCUT2D eigenvalue weighted by atomic mass is 32.2. The lowest BCUT2D eigenvalue weighted by Crippen LogP contribution is -2.31. The van der Waals surface area contributed by atoms with E-state index in [2.05, 4.69) is 9.71 Å². The van der Waals surface area contributed by atoms with Crippen LogP contribution in [0.4, 0.5) is 0 Å². The van der Waals surface area contributed by atoms with Gasteiger partial charge >= 0.3 is 5.97 Å². The molecule has 0 spiro atoms. The van der Waals surface area contributed by atoms with Crippen molar-refractivity contribution in [2.24, 2.45) is 0 Å². The Labute approximate surface area is 127 Å². The lowest BCUT2D eigenvalue weighted by molar-refractivity contribution is 0.0511. The van der Waals surface area contributed by atoms with Crippen LogP contribution in [0.3, 0.4) is 0 Å². The standard InChI is InChI=1S/C13H14N4O4S/c1-3-21-13(18)11-15-12(10-6-4-5-7-17(10)11)22(19,20)16-9(2)8-14/h4-7,9,16H,3H2,1-2H3. The number of carbonyl (C=O) groups is 1. The summed E-state index contributed by atoms with van der Waals surface area (Å²) in [5.74, 6) is -0.860. The number of fused-ring (bicyclic) bond motifs is 1. The number of rotatable bonds is 5. The summed E-state index contributed by atoms with van der Waals surface area (Å²) in [5.41, 5.74) is 0.225. The number of esters is 1. The number of pyridine rings is 1. The highest BCUT2D eigenvalue weighted by Crippen LogP contribution is 2.19. The average Bonchev–Trinajstić information content (AvgIpc) is 2.87. The summed E-state index contributed by atoms with van der Waals surface area (Å²) < 4.78 is 33.0. The van der Waals surface area contributed by atoms with Gasteiger partial charge in [0.25, 0.3) is 10.0 Å². The van der Waals surface area contributed by atoms with E-state index in [1.165, 1.54) is 23.6 Å². The highest BCUT2D eigenvalue weighted by molar-refractivity contribution is 7.89. The van der Waals surface area contributed by atoms with Crippen molar-refractivity contribution < 1.29 is 17.9 Å². The van der Waals surface area contributed by atoms with E-state index in [1.807, 2.05) is 0 Å². The summed E-state index contributed by atoms with van der Waals surface area (Å²) in [7, 11) is -4.04. The molecular weight excluding hydrogens is 308 g/mol. The van der Waals surface area contributed by atoms with Crippen LogP contribution < -0.4 is 4.72 Å². The molecule has 1 N–H and O–H groups in total. The van der Waals surface area contributed by atoms with Gasteiger partial charge in [-0.05, 0) is 26.0 Å². The van der Waals surface area contributed by atoms with Gasteiger partial charge in [-0.2, -0.15) is 9.98 Å². The number of sulfonamides is 1. The molecule has 2 rings (SSSR count). The molecule has 0 aromatic carbocycles. The topological polar surface area (TPSA) is 114 Å². The van der Waals surface area contributed by atoms with Gasteiger partial charge in [0.2, 0.25) is 5.82 Å². The molecule has 22 heavy (non-hydrogen) atoms. The van der Waals surface area contributed by atoms with Gasteiger partial charge in [0.05, 0.1) is 18.2 Å². The van der Waals surface area contributed by atoms with E-state index in [9.17, 15) is 13.2 Å². The van der Waals surface area contributed by atoms with Gasteiger partial charge in [-0.15, -0.1) is 0 Å². The summed E-state index contributed by atoms with van der Waals surface area (Å²) in [6.07, 6.45) is 1.52. The van der Waals surface area contributed by atoms with Crippen molar-refractivity contribution in [3.8, 4) is 6.07 Å². The number of imidazole rings is 1. The fourth-order valence-corrected chi connectivity index (χ4v) is 3.14. The molecule has 116 valence electrons. The molecule has 9 heteroatoms. The zero-order valence-corrected chi connectivity index (χ0v) is 12.8. The molecule has 0 radical (unpaired) electrons. The summed E-state index contributed by atoms with van der Waals surface area (Å²) in [5, 5.41) is 8.42. The van der Waals surface area contributed by atoms with Crippen LogP contribution in [0.25, 0.3) is 5.52 Å². The van der Waals surface area contributed by atoms with Crippen molar-refractivity contribution in [1.82, 2.24) is 14.1 Å². The maximum Gasteiger partial charge on any atom is 0.374 e. The highest BCUT2D eigenvalue weighted by Gasteiger charge is 2.27. The largest absolute Gasteiger partial charge is 0.460 e. The first-order valence-electron chi connectivity index (χ1n) is 6.47. The van der Waals surface area contributed by atoms with Crippen molar-refractivity contribution in [1.29, 1.82) is 5.26 Å². The Morgan fingerprint density at radius 2 is 2.27 bits per heavy atom.